The van der Waals surface area contributed by atoms with E-state index in [4.69, 9.17) is 15.0 Å². The Bertz CT molecular complexity index is 3200. The molecule has 0 saturated carbocycles. The van der Waals surface area contributed by atoms with Crippen LogP contribution in [0.3, 0.4) is 0 Å². The van der Waals surface area contributed by atoms with E-state index in [0.29, 0.717) is 6.42 Å². The van der Waals surface area contributed by atoms with Crippen molar-refractivity contribution in [3.8, 4) is 11.1 Å². The van der Waals surface area contributed by atoms with Crippen LogP contribution in [0, 0.1) is 12.1 Å². The van der Waals surface area contributed by atoms with Crippen molar-refractivity contribution in [3.05, 3.63) is 210 Å². The number of amidine groups is 1. The number of aliphatic imine (C=N–C) groups is 2. The summed E-state index contributed by atoms with van der Waals surface area (Å²) in [7, 11) is 0. The van der Waals surface area contributed by atoms with Crippen molar-refractivity contribution in [2.75, 3.05) is 0 Å². The van der Waals surface area contributed by atoms with Gasteiger partial charge >= 0.3 is 0 Å². The first kappa shape index (κ1) is 33.2. The van der Waals surface area contributed by atoms with Gasteiger partial charge in [0.1, 0.15) is 0 Å². The van der Waals surface area contributed by atoms with Gasteiger partial charge in [-0.1, -0.05) is 153 Å². The summed E-state index contributed by atoms with van der Waals surface area (Å²) in [6.45, 7) is 2.37. The Labute approximate surface area is 332 Å². The summed E-state index contributed by atoms with van der Waals surface area (Å²) in [6.07, 6.45) is 10.7. The van der Waals surface area contributed by atoms with Crippen LogP contribution in [0.1, 0.15) is 36.5 Å². The summed E-state index contributed by atoms with van der Waals surface area (Å²) < 4.78 is 0. The lowest BCUT2D eigenvalue weighted by atomic mass is 9.73. The molecule has 57 heavy (non-hydrogen) atoms. The van der Waals surface area contributed by atoms with E-state index >= 15 is 0 Å². The van der Waals surface area contributed by atoms with Crippen molar-refractivity contribution in [2.24, 2.45) is 9.98 Å². The minimum absolute atomic E-state index is 0.0909. The molecule has 1 aliphatic carbocycles. The number of hydrogen-bond donors (Lipinski definition) is 0. The molecule has 268 valence electrons. The molecule has 0 fully saturated rings. The van der Waals surface area contributed by atoms with Gasteiger partial charge in [0.05, 0.1) is 17.3 Å². The molecule has 0 spiro atoms. The Kier molecular flexibility index (Phi) is 7.72. The smallest absolute Gasteiger partial charge is 0.155 e. The fourth-order valence-electron chi connectivity index (χ4n) is 8.99. The largest absolute Gasteiger partial charge is 0.258 e. The van der Waals surface area contributed by atoms with E-state index in [2.05, 4.69) is 171 Å². The van der Waals surface area contributed by atoms with Gasteiger partial charge in [0.2, 0.25) is 0 Å². The van der Waals surface area contributed by atoms with Gasteiger partial charge in [0, 0.05) is 50.9 Å². The van der Waals surface area contributed by atoms with Crippen LogP contribution >= 0.6 is 0 Å². The predicted octanol–water partition coefficient (Wildman–Crippen LogP) is 13.0. The maximum absolute atomic E-state index is 5.43. The molecule has 2 atom stereocenters. The number of para-hydroxylation sites is 1. The fraction of sp³-hybridized carbons (Fsp3) is 0.0926. The SMILES string of the molecule is CC1(c2cc3ccccc3c3ccccc23)C=CC(C2CC(c3cc4ccccc4c4c#cccc34)=NC(c3ccc(-c4cnc5ccccc5c4)cc3)=N2)=CC1. The Balaban J connectivity index is 0.999. The first-order valence-electron chi connectivity index (χ1n) is 19.7. The third-order valence-corrected chi connectivity index (χ3v) is 12.1. The molecule has 2 heterocycles. The number of nitrogens with zero attached hydrogens (tertiary/aromatic N) is 3. The quantitative estimate of drug-likeness (QED) is 0.163. The molecular weight excluding hydrogens is 691 g/mol. The molecule has 2 unspecified atom stereocenters. The molecule has 9 aromatic rings. The van der Waals surface area contributed by atoms with E-state index in [9.17, 15) is 0 Å². The molecule has 0 bridgehead atoms. The molecular formula is C54H37N3. The molecule has 1 aliphatic heterocycles. The zero-order chi connectivity index (χ0) is 37.9. The van der Waals surface area contributed by atoms with E-state index < -0.39 is 0 Å². The maximum atomic E-state index is 5.43. The first-order chi connectivity index (χ1) is 28.1. The van der Waals surface area contributed by atoms with E-state index in [1.807, 2.05) is 24.4 Å². The normalized spacial score (nSPS) is 18.1. The van der Waals surface area contributed by atoms with E-state index in [1.54, 1.807) is 0 Å². The van der Waals surface area contributed by atoms with E-state index in [-0.39, 0.29) is 11.5 Å². The average molecular weight is 728 g/mol. The monoisotopic (exact) mass is 727 g/mol. The molecule has 11 rings (SSSR count). The van der Waals surface area contributed by atoms with Crippen LogP contribution in [-0.2, 0) is 5.41 Å². The summed E-state index contributed by atoms with van der Waals surface area (Å²) in [4.78, 5) is 15.5. The Morgan fingerprint density at radius 1 is 0.632 bits per heavy atom. The highest BCUT2D eigenvalue weighted by atomic mass is 15.0. The van der Waals surface area contributed by atoms with Crippen LogP contribution in [0.5, 0.6) is 0 Å². The highest BCUT2D eigenvalue weighted by Gasteiger charge is 2.31. The maximum Gasteiger partial charge on any atom is 0.155 e. The van der Waals surface area contributed by atoms with Crippen molar-refractivity contribution in [1.82, 2.24) is 4.98 Å². The van der Waals surface area contributed by atoms with Crippen molar-refractivity contribution in [3.63, 3.8) is 0 Å². The highest BCUT2D eigenvalue weighted by Crippen LogP contribution is 2.42. The average Bonchev–Trinajstić information content (AvgIpc) is 3.28. The summed E-state index contributed by atoms with van der Waals surface area (Å²) in [5, 5.41) is 10.9. The van der Waals surface area contributed by atoms with Crippen LogP contribution in [0.2, 0.25) is 0 Å². The van der Waals surface area contributed by atoms with Gasteiger partial charge in [-0.05, 0) is 91.8 Å². The second-order valence-corrected chi connectivity index (χ2v) is 15.6. The van der Waals surface area contributed by atoms with E-state index in [0.717, 1.165) is 61.9 Å². The summed E-state index contributed by atoms with van der Waals surface area (Å²) >= 11 is 0. The zero-order valence-electron chi connectivity index (χ0n) is 31.6. The molecule has 0 N–H and O–H groups in total. The Morgan fingerprint density at radius 3 is 2.14 bits per heavy atom. The number of rotatable bonds is 5. The van der Waals surface area contributed by atoms with E-state index in [1.165, 1.54) is 43.5 Å². The number of fused-ring (bicyclic) bond motifs is 7. The number of allylic oxidation sites excluding steroid dienone is 2. The minimum atomic E-state index is -0.167. The van der Waals surface area contributed by atoms with Crippen molar-refractivity contribution in [1.29, 1.82) is 0 Å². The van der Waals surface area contributed by atoms with Gasteiger partial charge in [-0.2, -0.15) is 0 Å². The van der Waals surface area contributed by atoms with Gasteiger partial charge in [-0.15, -0.1) is 0 Å². The summed E-state index contributed by atoms with van der Waals surface area (Å²) in [5.41, 5.74) is 8.76. The van der Waals surface area contributed by atoms with Gasteiger partial charge < -0.3 is 0 Å². The lowest BCUT2D eigenvalue weighted by Crippen LogP contribution is -2.26. The van der Waals surface area contributed by atoms with Crippen molar-refractivity contribution < 1.29 is 0 Å². The van der Waals surface area contributed by atoms with Gasteiger partial charge in [0.15, 0.2) is 5.84 Å². The second-order valence-electron chi connectivity index (χ2n) is 15.6. The van der Waals surface area contributed by atoms with Gasteiger partial charge in [0.25, 0.3) is 0 Å². The molecule has 3 heteroatoms. The lowest BCUT2D eigenvalue weighted by molar-refractivity contribution is 0.596. The van der Waals surface area contributed by atoms with Crippen LogP contribution in [0.15, 0.2) is 192 Å². The Morgan fingerprint density at radius 2 is 1.33 bits per heavy atom. The topological polar surface area (TPSA) is 37.6 Å². The first-order valence-corrected chi connectivity index (χ1v) is 19.7. The highest BCUT2D eigenvalue weighted by molar-refractivity contribution is 6.22. The fourth-order valence-corrected chi connectivity index (χ4v) is 8.99. The number of pyridine rings is 1. The third-order valence-electron chi connectivity index (χ3n) is 12.1. The van der Waals surface area contributed by atoms with Crippen LogP contribution < -0.4 is 0 Å². The third kappa shape index (κ3) is 5.73. The van der Waals surface area contributed by atoms with Gasteiger partial charge in [-0.3, -0.25) is 9.98 Å². The molecule has 8 aromatic carbocycles. The lowest BCUT2D eigenvalue weighted by Gasteiger charge is -2.32. The second kappa shape index (κ2) is 13.3. The summed E-state index contributed by atoms with van der Waals surface area (Å²) in [6, 6.07) is 60.6. The van der Waals surface area contributed by atoms with Crippen LogP contribution in [0.4, 0.5) is 0 Å². The molecule has 2 aliphatic rings. The zero-order valence-corrected chi connectivity index (χ0v) is 31.6. The summed E-state index contributed by atoms with van der Waals surface area (Å²) in [5.74, 6) is 0.750. The molecule has 0 saturated heterocycles. The van der Waals surface area contributed by atoms with Gasteiger partial charge in [-0.25, -0.2) is 4.99 Å². The molecule has 0 amide bonds. The van der Waals surface area contributed by atoms with Crippen molar-refractivity contribution in [2.45, 2.75) is 31.2 Å². The van der Waals surface area contributed by atoms with Crippen molar-refractivity contribution >= 4 is 65.5 Å². The minimum Gasteiger partial charge on any atom is -0.258 e. The number of benzene rings is 7. The molecule has 1 aromatic heterocycles. The number of hydrogen-bond acceptors (Lipinski definition) is 3. The van der Waals surface area contributed by atoms with Crippen LogP contribution in [0.25, 0.3) is 65.1 Å². The molecule has 3 nitrogen and oxygen atoms in total. The Hall–Kier alpha value is -7.15. The standard InChI is InChI=1S/C54H37N3/c1-54(49-32-39-13-3-6-16-43(39)45-18-9-10-20-47(45)49)28-26-36(27-29-54)51-33-52(48-31-38-12-2-5-15-42(38)44-17-7-8-19-46(44)48)57-53(56-51)37-24-22-35(23-25-37)41-30-40-14-4-11-21-50(40)55-34-41/h2-6,8-16,18-28,30-32,34,51H,29,33H2,1H3. The van der Waals surface area contributed by atoms with Crippen LogP contribution in [-0.4, -0.2) is 22.6 Å². The number of aromatic nitrogens is 1. The predicted molar refractivity (Wildman–Crippen MR) is 238 cm³/mol. The molecule has 0 radical (unpaired) electrons.